The molecule has 0 bridgehead atoms. The molecule has 0 amide bonds. The molecule has 0 saturated carbocycles. The van der Waals surface area contributed by atoms with Gasteiger partial charge in [0.2, 0.25) is 5.89 Å². The molecule has 2 aliphatic heterocycles. The molecule has 3 rings (SSSR count). The molecular formula is C10H15N3OS. The Morgan fingerprint density at radius 1 is 1.33 bits per heavy atom. The molecule has 4 nitrogen and oxygen atoms in total. The first-order valence-electron chi connectivity index (χ1n) is 5.55. The summed E-state index contributed by atoms with van der Waals surface area (Å²) in [7, 11) is 0. The predicted molar refractivity (Wildman–Crippen MR) is 59.2 cm³/mol. The molecule has 2 aliphatic rings. The van der Waals surface area contributed by atoms with Gasteiger partial charge < -0.3 is 9.84 Å². The molecule has 5 heteroatoms. The van der Waals surface area contributed by atoms with Crippen LogP contribution in [0.5, 0.6) is 0 Å². The Morgan fingerprint density at radius 2 is 2.33 bits per heavy atom. The van der Waals surface area contributed by atoms with Gasteiger partial charge in [0.25, 0.3) is 0 Å². The molecule has 2 saturated heterocycles. The fourth-order valence-corrected chi connectivity index (χ4v) is 3.40. The van der Waals surface area contributed by atoms with Crippen molar-refractivity contribution in [3.63, 3.8) is 0 Å². The van der Waals surface area contributed by atoms with Crippen LogP contribution in [0.4, 0.5) is 0 Å². The zero-order chi connectivity index (χ0) is 10.1. The van der Waals surface area contributed by atoms with E-state index in [9.17, 15) is 0 Å². The van der Waals surface area contributed by atoms with Crippen molar-refractivity contribution in [2.45, 2.75) is 24.7 Å². The van der Waals surface area contributed by atoms with Crippen LogP contribution >= 0.6 is 11.8 Å². The lowest BCUT2D eigenvalue weighted by Crippen LogP contribution is -2.08. The predicted octanol–water partition coefficient (Wildman–Crippen LogP) is 1.37. The number of nitrogens with one attached hydrogen (secondary N) is 1. The minimum Gasteiger partial charge on any atom is -0.339 e. The number of aromatic nitrogens is 2. The van der Waals surface area contributed by atoms with Crippen molar-refractivity contribution >= 4 is 11.8 Å². The molecule has 2 atom stereocenters. The van der Waals surface area contributed by atoms with Crippen LogP contribution < -0.4 is 5.32 Å². The van der Waals surface area contributed by atoms with Gasteiger partial charge in [-0.3, -0.25) is 0 Å². The molecule has 0 aliphatic carbocycles. The van der Waals surface area contributed by atoms with Crippen LogP contribution in [0.15, 0.2) is 4.52 Å². The second-order valence-electron chi connectivity index (χ2n) is 4.24. The van der Waals surface area contributed by atoms with E-state index in [-0.39, 0.29) is 0 Å². The Kier molecular flexibility index (Phi) is 2.66. The highest BCUT2D eigenvalue weighted by Crippen LogP contribution is 2.31. The standard InChI is InChI=1S/C10H15N3OS/c1-3-11-5-7(1)10-12-9(13-14-10)8-2-4-15-6-8/h7-8,11H,1-6H2. The molecule has 0 radical (unpaired) electrons. The Morgan fingerprint density at radius 3 is 3.07 bits per heavy atom. The molecule has 3 heterocycles. The van der Waals surface area contributed by atoms with E-state index in [4.69, 9.17) is 4.52 Å². The van der Waals surface area contributed by atoms with Crippen molar-refractivity contribution in [1.29, 1.82) is 0 Å². The van der Waals surface area contributed by atoms with Crippen molar-refractivity contribution < 1.29 is 4.52 Å². The van der Waals surface area contributed by atoms with Crippen molar-refractivity contribution in [2.75, 3.05) is 24.6 Å². The summed E-state index contributed by atoms with van der Waals surface area (Å²) in [4.78, 5) is 4.54. The fraction of sp³-hybridized carbons (Fsp3) is 0.800. The average Bonchev–Trinajstić information content (AvgIpc) is 3.02. The SMILES string of the molecule is C1CC(c2nc(C3CCSC3)no2)CN1. The molecule has 82 valence electrons. The Bertz CT molecular complexity index is 299. The first-order valence-corrected chi connectivity index (χ1v) is 6.71. The normalized spacial score (nSPS) is 31.2. The quantitative estimate of drug-likeness (QED) is 0.823. The zero-order valence-corrected chi connectivity index (χ0v) is 9.42. The van der Waals surface area contributed by atoms with Gasteiger partial charge in [0, 0.05) is 18.2 Å². The molecular weight excluding hydrogens is 210 g/mol. The summed E-state index contributed by atoms with van der Waals surface area (Å²) in [6.07, 6.45) is 2.33. The monoisotopic (exact) mass is 225 g/mol. The third-order valence-corrected chi connectivity index (χ3v) is 4.32. The fourth-order valence-electron chi connectivity index (χ4n) is 2.18. The third-order valence-electron chi connectivity index (χ3n) is 3.16. The van der Waals surface area contributed by atoms with E-state index in [1.54, 1.807) is 0 Å². The number of thioether (sulfide) groups is 1. The van der Waals surface area contributed by atoms with Crippen molar-refractivity contribution in [3.8, 4) is 0 Å². The Hall–Kier alpha value is -0.550. The van der Waals surface area contributed by atoms with E-state index in [2.05, 4.69) is 15.5 Å². The Labute approximate surface area is 93.2 Å². The average molecular weight is 225 g/mol. The number of nitrogens with zero attached hydrogens (tertiary/aromatic N) is 2. The van der Waals surface area contributed by atoms with Gasteiger partial charge in [-0.05, 0) is 25.1 Å². The maximum Gasteiger partial charge on any atom is 0.231 e. The Balaban J connectivity index is 1.74. The van der Waals surface area contributed by atoms with Crippen LogP contribution in [-0.2, 0) is 0 Å². The van der Waals surface area contributed by atoms with Crippen LogP contribution in [0, 0.1) is 0 Å². The minimum absolute atomic E-state index is 0.445. The van der Waals surface area contributed by atoms with Crippen molar-refractivity contribution in [2.24, 2.45) is 0 Å². The molecule has 1 aromatic heterocycles. The number of hydrogen-bond donors (Lipinski definition) is 1. The molecule has 0 spiro atoms. The van der Waals surface area contributed by atoms with Crippen LogP contribution in [0.25, 0.3) is 0 Å². The van der Waals surface area contributed by atoms with E-state index >= 15 is 0 Å². The largest absolute Gasteiger partial charge is 0.339 e. The molecule has 1 N–H and O–H groups in total. The van der Waals surface area contributed by atoms with Crippen molar-refractivity contribution in [1.82, 2.24) is 15.5 Å². The second-order valence-corrected chi connectivity index (χ2v) is 5.39. The van der Waals surface area contributed by atoms with Crippen LogP contribution in [0.3, 0.4) is 0 Å². The maximum absolute atomic E-state index is 5.35. The topological polar surface area (TPSA) is 51.0 Å². The van der Waals surface area contributed by atoms with Crippen LogP contribution in [-0.4, -0.2) is 34.7 Å². The summed E-state index contributed by atoms with van der Waals surface area (Å²) in [5.41, 5.74) is 0. The van der Waals surface area contributed by atoms with E-state index in [1.807, 2.05) is 11.8 Å². The summed E-state index contributed by atoms with van der Waals surface area (Å²) in [5.74, 6) is 5.14. The summed E-state index contributed by atoms with van der Waals surface area (Å²) in [6, 6.07) is 0. The van der Waals surface area contributed by atoms with Crippen LogP contribution in [0.2, 0.25) is 0 Å². The highest BCUT2D eigenvalue weighted by atomic mass is 32.2. The van der Waals surface area contributed by atoms with E-state index < -0.39 is 0 Å². The maximum atomic E-state index is 5.35. The lowest BCUT2D eigenvalue weighted by atomic mass is 10.1. The van der Waals surface area contributed by atoms with E-state index in [0.29, 0.717) is 11.8 Å². The van der Waals surface area contributed by atoms with Gasteiger partial charge in [-0.2, -0.15) is 16.7 Å². The lowest BCUT2D eigenvalue weighted by molar-refractivity contribution is 0.353. The summed E-state index contributed by atoms with van der Waals surface area (Å²) < 4.78 is 5.35. The highest BCUT2D eigenvalue weighted by Gasteiger charge is 2.26. The second kappa shape index (κ2) is 4.14. The van der Waals surface area contributed by atoms with Gasteiger partial charge in [-0.25, -0.2) is 0 Å². The van der Waals surface area contributed by atoms with Gasteiger partial charge in [-0.1, -0.05) is 5.16 Å². The summed E-state index contributed by atoms with van der Waals surface area (Å²) >= 11 is 1.98. The van der Waals surface area contributed by atoms with Gasteiger partial charge in [0.15, 0.2) is 5.82 Å². The smallest absolute Gasteiger partial charge is 0.231 e. The lowest BCUT2D eigenvalue weighted by Gasteiger charge is -2.00. The zero-order valence-electron chi connectivity index (χ0n) is 8.61. The highest BCUT2D eigenvalue weighted by molar-refractivity contribution is 7.99. The number of rotatable bonds is 2. The number of hydrogen-bond acceptors (Lipinski definition) is 5. The van der Waals surface area contributed by atoms with Gasteiger partial charge in [-0.15, -0.1) is 0 Å². The summed E-state index contributed by atoms with van der Waals surface area (Å²) in [6.45, 7) is 2.06. The first kappa shape index (κ1) is 9.66. The van der Waals surface area contributed by atoms with Crippen molar-refractivity contribution in [3.05, 3.63) is 11.7 Å². The minimum atomic E-state index is 0.445. The summed E-state index contributed by atoms with van der Waals surface area (Å²) in [5, 5.41) is 7.43. The molecule has 2 fully saturated rings. The third kappa shape index (κ3) is 1.90. The molecule has 2 unspecified atom stereocenters. The van der Waals surface area contributed by atoms with Gasteiger partial charge in [0.1, 0.15) is 0 Å². The van der Waals surface area contributed by atoms with E-state index in [0.717, 1.165) is 37.0 Å². The molecule has 15 heavy (non-hydrogen) atoms. The molecule has 0 aromatic carbocycles. The first-order chi connectivity index (χ1) is 7.43. The molecule has 1 aromatic rings. The van der Waals surface area contributed by atoms with Gasteiger partial charge >= 0.3 is 0 Å². The van der Waals surface area contributed by atoms with Crippen LogP contribution in [0.1, 0.15) is 36.4 Å². The van der Waals surface area contributed by atoms with E-state index in [1.165, 1.54) is 12.2 Å². The van der Waals surface area contributed by atoms with Gasteiger partial charge in [0.05, 0.1) is 5.92 Å².